The number of hydrogen-bond donors (Lipinski definition) is 3. The van der Waals surface area contributed by atoms with Crippen molar-refractivity contribution in [2.24, 2.45) is 0 Å². The van der Waals surface area contributed by atoms with Crippen LogP contribution in [-0.4, -0.2) is 67.6 Å². The predicted molar refractivity (Wildman–Crippen MR) is 133 cm³/mol. The van der Waals surface area contributed by atoms with E-state index < -0.39 is 16.0 Å². The first-order valence-electron chi connectivity index (χ1n) is 11.3. The van der Waals surface area contributed by atoms with Crippen LogP contribution in [0.1, 0.15) is 21.5 Å². The molecule has 2 heterocycles. The van der Waals surface area contributed by atoms with Gasteiger partial charge in [0.25, 0.3) is 10.0 Å². The molecule has 4 N–H and O–H groups in total. The van der Waals surface area contributed by atoms with Crippen LogP contribution in [0.25, 0.3) is 11.3 Å². The number of anilines is 3. The van der Waals surface area contributed by atoms with Crippen molar-refractivity contribution in [3.63, 3.8) is 0 Å². The molecule has 11 heteroatoms. The first-order valence-corrected chi connectivity index (χ1v) is 12.8. The number of carboxylic acid groups (broad SMARTS) is 1. The van der Waals surface area contributed by atoms with Crippen LogP contribution in [0, 0.1) is 0 Å². The molecule has 0 amide bonds. The molecule has 10 nitrogen and oxygen atoms in total. The van der Waals surface area contributed by atoms with Gasteiger partial charge in [-0.1, -0.05) is 6.07 Å². The van der Waals surface area contributed by atoms with E-state index in [-0.39, 0.29) is 16.4 Å². The third-order valence-electron chi connectivity index (χ3n) is 6.47. The van der Waals surface area contributed by atoms with Gasteiger partial charge in [0.15, 0.2) is 0 Å². The van der Waals surface area contributed by atoms with Crippen LogP contribution in [0.2, 0.25) is 0 Å². The monoisotopic (exact) mass is 494 g/mol. The van der Waals surface area contributed by atoms with Crippen molar-refractivity contribution in [3.05, 3.63) is 59.2 Å². The zero-order valence-electron chi connectivity index (χ0n) is 19.2. The third kappa shape index (κ3) is 4.52. The van der Waals surface area contributed by atoms with Gasteiger partial charge in [0, 0.05) is 43.0 Å². The molecule has 0 radical (unpaired) electrons. The van der Waals surface area contributed by atoms with Gasteiger partial charge in [0.05, 0.1) is 16.2 Å². The quantitative estimate of drug-likeness (QED) is 0.486. The van der Waals surface area contributed by atoms with Crippen molar-refractivity contribution in [1.82, 2.24) is 14.9 Å². The molecular formula is C24H26N6O4S. The normalized spacial score (nSPS) is 15.9. The van der Waals surface area contributed by atoms with E-state index in [2.05, 4.69) is 31.5 Å². The number of hydrogen-bond acceptors (Lipinski definition) is 8. The number of carbonyl (C=O) groups is 1. The number of carboxylic acids is 1. The molecule has 1 fully saturated rings. The second-order valence-corrected chi connectivity index (χ2v) is 10.5. The van der Waals surface area contributed by atoms with Crippen molar-refractivity contribution >= 4 is 33.4 Å². The second-order valence-electron chi connectivity index (χ2n) is 8.83. The SMILES string of the molecule is CN1CCN(c2nc(N)nc3c2CCc2cc(NS(=O)(=O)c4ccc(C(=O)O)cc4)ccc2-3)CC1. The number of nitrogens with two attached hydrogens (primary N) is 1. The fourth-order valence-electron chi connectivity index (χ4n) is 4.57. The smallest absolute Gasteiger partial charge is 0.335 e. The summed E-state index contributed by atoms with van der Waals surface area (Å²) in [6, 6.07) is 10.5. The molecule has 5 rings (SSSR count). The molecule has 0 atom stereocenters. The lowest BCUT2D eigenvalue weighted by atomic mass is 9.88. The van der Waals surface area contributed by atoms with E-state index in [0.29, 0.717) is 5.69 Å². The minimum absolute atomic E-state index is 0.0112. The Morgan fingerprint density at radius 1 is 1.03 bits per heavy atom. The Kier molecular flexibility index (Phi) is 5.81. The highest BCUT2D eigenvalue weighted by Gasteiger charge is 2.27. The lowest BCUT2D eigenvalue weighted by Gasteiger charge is -2.35. The highest BCUT2D eigenvalue weighted by molar-refractivity contribution is 7.92. The molecule has 0 bridgehead atoms. The van der Waals surface area contributed by atoms with Gasteiger partial charge in [-0.3, -0.25) is 4.72 Å². The largest absolute Gasteiger partial charge is 0.478 e. The summed E-state index contributed by atoms with van der Waals surface area (Å²) in [5, 5.41) is 9.03. The fourth-order valence-corrected chi connectivity index (χ4v) is 5.62. The minimum Gasteiger partial charge on any atom is -0.478 e. The van der Waals surface area contributed by atoms with Crippen molar-refractivity contribution < 1.29 is 18.3 Å². The van der Waals surface area contributed by atoms with E-state index in [9.17, 15) is 13.2 Å². The van der Waals surface area contributed by atoms with Crippen LogP contribution >= 0.6 is 0 Å². The van der Waals surface area contributed by atoms with E-state index in [1.807, 2.05) is 12.1 Å². The Morgan fingerprint density at radius 2 is 1.74 bits per heavy atom. The number of nitrogen functional groups attached to an aromatic ring is 1. The Hall–Kier alpha value is -3.70. The molecule has 35 heavy (non-hydrogen) atoms. The standard InChI is InChI=1S/C24H26N6O4S/c1-29-10-12-30(13-11-29)22-20-8-4-16-14-17(5-9-19(16)21(20)26-24(25)27-22)28-35(33,34)18-6-2-15(3-7-18)23(31)32/h2-3,5-7,9,14,28H,4,8,10-13H2,1H3,(H,31,32)(H2,25,26,27). The molecule has 2 aromatic carbocycles. The van der Waals surface area contributed by atoms with E-state index in [4.69, 9.17) is 10.8 Å². The molecule has 0 spiro atoms. The number of rotatable bonds is 5. The summed E-state index contributed by atoms with van der Waals surface area (Å²) in [4.78, 5) is 24.7. The third-order valence-corrected chi connectivity index (χ3v) is 7.87. The lowest BCUT2D eigenvalue weighted by Crippen LogP contribution is -2.45. The predicted octanol–water partition coefficient (Wildman–Crippen LogP) is 2.08. The van der Waals surface area contributed by atoms with E-state index in [1.54, 1.807) is 6.07 Å². The molecule has 0 unspecified atom stereocenters. The van der Waals surface area contributed by atoms with Gasteiger partial charge < -0.3 is 20.6 Å². The highest BCUT2D eigenvalue weighted by atomic mass is 32.2. The van der Waals surface area contributed by atoms with Crippen LogP contribution < -0.4 is 15.4 Å². The van der Waals surface area contributed by atoms with Gasteiger partial charge in [0.1, 0.15) is 5.82 Å². The number of nitrogens with zero attached hydrogens (tertiary/aromatic N) is 4. The number of fused-ring (bicyclic) bond motifs is 3. The number of nitrogens with one attached hydrogen (secondary N) is 1. The van der Waals surface area contributed by atoms with Crippen molar-refractivity contribution in [2.45, 2.75) is 17.7 Å². The summed E-state index contributed by atoms with van der Waals surface area (Å²) in [5.41, 5.74) is 10.3. The topological polar surface area (TPSA) is 142 Å². The van der Waals surface area contributed by atoms with Gasteiger partial charge in [0.2, 0.25) is 5.95 Å². The minimum atomic E-state index is -3.87. The molecule has 182 valence electrons. The molecule has 1 aromatic heterocycles. The Morgan fingerprint density at radius 3 is 2.43 bits per heavy atom. The zero-order valence-corrected chi connectivity index (χ0v) is 20.0. The van der Waals surface area contributed by atoms with Gasteiger partial charge in [-0.05, 0) is 61.9 Å². The number of benzene rings is 2. The molecular weight excluding hydrogens is 468 g/mol. The molecule has 1 saturated heterocycles. The summed E-state index contributed by atoms with van der Waals surface area (Å²) in [6.45, 7) is 3.66. The average Bonchev–Trinajstić information content (AvgIpc) is 2.83. The molecule has 3 aromatic rings. The van der Waals surface area contributed by atoms with Gasteiger partial charge in [-0.2, -0.15) is 4.98 Å². The number of sulfonamides is 1. The highest BCUT2D eigenvalue weighted by Crippen LogP contribution is 2.38. The van der Waals surface area contributed by atoms with Crippen LogP contribution in [0.5, 0.6) is 0 Å². The molecule has 1 aliphatic heterocycles. The molecule has 2 aliphatic rings. The van der Waals surface area contributed by atoms with Gasteiger partial charge >= 0.3 is 5.97 Å². The van der Waals surface area contributed by atoms with Gasteiger partial charge in [-0.25, -0.2) is 18.2 Å². The summed E-state index contributed by atoms with van der Waals surface area (Å²) in [5.74, 6) is -0.00180. The van der Waals surface area contributed by atoms with Crippen LogP contribution in [0.4, 0.5) is 17.5 Å². The summed E-state index contributed by atoms with van der Waals surface area (Å²) in [7, 11) is -1.77. The van der Waals surface area contributed by atoms with Gasteiger partial charge in [-0.15, -0.1) is 0 Å². The van der Waals surface area contributed by atoms with E-state index in [0.717, 1.165) is 67.2 Å². The Bertz CT molecular complexity index is 1400. The van der Waals surface area contributed by atoms with Crippen LogP contribution in [0.3, 0.4) is 0 Å². The number of aromatic nitrogens is 2. The average molecular weight is 495 g/mol. The number of likely N-dealkylation sites (N-methyl/N-ethyl adjacent to an activating group) is 1. The van der Waals surface area contributed by atoms with Crippen molar-refractivity contribution in [2.75, 3.05) is 48.6 Å². The number of piperazine rings is 1. The summed E-state index contributed by atoms with van der Waals surface area (Å²) in [6.07, 6.45) is 1.45. The lowest BCUT2D eigenvalue weighted by molar-refractivity contribution is 0.0696. The van der Waals surface area contributed by atoms with Crippen molar-refractivity contribution in [3.8, 4) is 11.3 Å². The maximum absolute atomic E-state index is 12.8. The second kappa shape index (κ2) is 8.82. The van der Waals surface area contributed by atoms with Crippen molar-refractivity contribution in [1.29, 1.82) is 0 Å². The van der Waals surface area contributed by atoms with Crippen LogP contribution in [0.15, 0.2) is 47.4 Å². The summed E-state index contributed by atoms with van der Waals surface area (Å²) < 4.78 is 28.3. The Balaban J connectivity index is 1.43. The molecule has 1 aliphatic carbocycles. The first-order chi connectivity index (χ1) is 16.7. The maximum atomic E-state index is 12.8. The number of aromatic carboxylic acids is 1. The maximum Gasteiger partial charge on any atom is 0.335 e. The first kappa shape index (κ1) is 23.1. The van der Waals surface area contributed by atoms with E-state index in [1.165, 1.54) is 24.3 Å². The fraction of sp³-hybridized carbons (Fsp3) is 0.292. The number of aryl methyl sites for hydroxylation is 1. The summed E-state index contributed by atoms with van der Waals surface area (Å²) >= 11 is 0. The van der Waals surface area contributed by atoms with E-state index >= 15 is 0 Å². The zero-order chi connectivity index (χ0) is 24.7. The Labute approximate surface area is 203 Å². The molecule has 0 saturated carbocycles. The van der Waals surface area contributed by atoms with Crippen LogP contribution in [-0.2, 0) is 22.9 Å².